The van der Waals surface area contributed by atoms with Gasteiger partial charge in [0.1, 0.15) is 17.1 Å². The monoisotopic (exact) mass is 456 g/mol. The molecular weight excluding hydrogens is 432 g/mol. The Morgan fingerprint density at radius 2 is 1.74 bits per heavy atom. The SMILES string of the molecule is O=C(O)C[C@]1(c2ccc(-c3ccc(OCc4ccccc4)cc3)s2)CCCCS1(=O)=O. The van der Waals surface area contributed by atoms with E-state index in [-0.39, 0.29) is 12.2 Å². The second-order valence-corrected chi connectivity index (χ2v) is 11.3. The third-order valence-electron chi connectivity index (χ3n) is 5.72. The minimum atomic E-state index is -3.53. The highest BCUT2D eigenvalue weighted by Gasteiger charge is 2.49. The lowest BCUT2D eigenvalue weighted by Crippen LogP contribution is -2.41. The summed E-state index contributed by atoms with van der Waals surface area (Å²) in [6, 6.07) is 21.3. The van der Waals surface area contributed by atoms with Gasteiger partial charge in [-0.05, 0) is 60.4 Å². The molecule has 1 atom stereocenters. The summed E-state index contributed by atoms with van der Waals surface area (Å²) >= 11 is 1.37. The summed E-state index contributed by atoms with van der Waals surface area (Å²) in [6.45, 7) is 0.485. The molecule has 0 unspecified atom stereocenters. The Morgan fingerprint density at radius 3 is 2.42 bits per heavy atom. The molecule has 0 amide bonds. The van der Waals surface area contributed by atoms with Gasteiger partial charge in [0, 0.05) is 9.75 Å². The minimum Gasteiger partial charge on any atom is -0.489 e. The molecule has 4 rings (SSSR count). The molecule has 1 aliphatic heterocycles. The maximum atomic E-state index is 12.9. The van der Waals surface area contributed by atoms with Crippen molar-refractivity contribution in [3.8, 4) is 16.2 Å². The van der Waals surface area contributed by atoms with Gasteiger partial charge >= 0.3 is 5.97 Å². The molecule has 1 aliphatic rings. The van der Waals surface area contributed by atoms with Crippen molar-refractivity contribution >= 4 is 27.1 Å². The molecule has 0 bridgehead atoms. The van der Waals surface area contributed by atoms with Crippen LogP contribution < -0.4 is 4.74 Å². The van der Waals surface area contributed by atoms with Crippen LogP contribution in [0.25, 0.3) is 10.4 Å². The Kier molecular flexibility index (Phi) is 6.16. The van der Waals surface area contributed by atoms with Crippen molar-refractivity contribution in [3.63, 3.8) is 0 Å². The lowest BCUT2D eigenvalue weighted by Gasteiger charge is -2.34. The van der Waals surface area contributed by atoms with Gasteiger partial charge in [-0.2, -0.15) is 0 Å². The largest absolute Gasteiger partial charge is 0.489 e. The zero-order valence-corrected chi connectivity index (χ0v) is 18.6. The molecule has 2 heterocycles. The third-order valence-corrected chi connectivity index (χ3v) is 9.77. The average Bonchev–Trinajstić information content (AvgIpc) is 3.25. The number of sulfone groups is 1. The summed E-state index contributed by atoms with van der Waals surface area (Å²) < 4.78 is 30.4. The van der Waals surface area contributed by atoms with Gasteiger partial charge in [0.25, 0.3) is 0 Å². The van der Waals surface area contributed by atoms with Gasteiger partial charge in [0.05, 0.1) is 12.2 Å². The summed E-state index contributed by atoms with van der Waals surface area (Å²) in [5.74, 6) is -0.289. The van der Waals surface area contributed by atoms with Gasteiger partial charge in [-0.25, -0.2) is 8.42 Å². The summed E-state index contributed by atoms with van der Waals surface area (Å²) in [5.41, 5.74) is 2.04. The highest BCUT2D eigenvalue weighted by Crippen LogP contribution is 2.47. The first-order chi connectivity index (χ1) is 14.9. The molecule has 31 heavy (non-hydrogen) atoms. The predicted octanol–water partition coefficient (Wildman–Crippen LogP) is 5.26. The van der Waals surface area contributed by atoms with Crippen molar-refractivity contribution < 1.29 is 23.1 Å². The molecule has 1 saturated heterocycles. The van der Waals surface area contributed by atoms with E-state index in [0.29, 0.717) is 30.7 Å². The molecule has 0 aliphatic carbocycles. The molecule has 2 aromatic carbocycles. The van der Waals surface area contributed by atoms with Gasteiger partial charge in [-0.3, -0.25) is 4.79 Å². The van der Waals surface area contributed by atoms with Crippen LogP contribution >= 0.6 is 11.3 Å². The van der Waals surface area contributed by atoms with E-state index in [2.05, 4.69) is 0 Å². The van der Waals surface area contributed by atoms with Gasteiger partial charge in [-0.15, -0.1) is 11.3 Å². The van der Waals surface area contributed by atoms with Crippen LogP contribution in [0.15, 0.2) is 66.7 Å². The zero-order valence-electron chi connectivity index (χ0n) is 17.0. The first-order valence-electron chi connectivity index (χ1n) is 10.2. The van der Waals surface area contributed by atoms with Crippen molar-refractivity contribution in [1.29, 1.82) is 0 Å². The fourth-order valence-corrected chi connectivity index (χ4v) is 7.83. The van der Waals surface area contributed by atoms with Gasteiger partial charge in [0.15, 0.2) is 9.84 Å². The number of aliphatic carboxylic acids is 1. The lowest BCUT2D eigenvalue weighted by atomic mass is 9.95. The molecule has 1 aromatic heterocycles. The van der Waals surface area contributed by atoms with Gasteiger partial charge in [-0.1, -0.05) is 36.8 Å². The van der Waals surface area contributed by atoms with Crippen LogP contribution in [0.3, 0.4) is 0 Å². The Hall–Kier alpha value is -2.64. The first kappa shape index (κ1) is 21.6. The molecule has 3 aromatic rings. The van der Waals surface area contributed by atoms with Crippen molar-refractivity contribution in [2.75, 3.05) is 5.75 Å². The molecule has 7 heteroatoms. The van der Waals surface area contributed by atoms with Crippen molar-refractivity contribution in [1.82, 2.24) is 0 Å². The number of benzene rings is 2. The highest BCUT2D eigenvalue weighted by molar-refractivity contribution is 7.92. The van der Waals surface area contributed by atoms with Gasteiger partial charge in [0.2, 0.25) is 0 Å². The van der Waals surface area contributed by atoms with Crippen LogP contribution in [0.2, 0.25) is 0 Å². The molecular formula is C24H24O5S2. The summed E-state index contributed by atoms with van der Waals surface area (Å²) in [7, 11) is -3.53. The molecule has 0 saturated carbocycles. The van der Waals surface area contributed by atoms with E-state index in [9.17, 15) is 18.3 Å². The maximum Gasteiger partial charge on any atom is 0.305 e. The van der Waals surface area contributed by atoms with E-state index in [4.69, 9.17) is 4.74 Å². The first-order valence-corrected chi connectivity index (χ1v) is 12.7. The molecule has 1 N–H and O–H groups in total. The van der Waals surface area contributed by atoms with Crippen LogP contribution in [-0.2, 0) is 26.0 Å². The number of hydrogen-bond acceptors (Lipinski definition) is 5. The predicted molar refractivity (Wildman–Crippen MR) is 122 cm³/mol. The minimum absolute atomic E-state index is 0.0426. The van der Waals surface area contributed by atoms with Crippen LogP contribution in [-0.4, -0.2) is 25.2 Å². The Morgan fingerprint density at radius 1 is 1.00 bits per heavy atom. The van der Waals surface area contributed by atoms with E-state index < -0.39 is 20.6 Å². The molecule has 1 fully saturated rings. The number of hydrogen-bond donors (Lipinski definition) is 1. The van der Waals surface area contributed by atoms with Crippen molar-refractivity contribution in [3.05, 3.63) is 77.2 Å². The number of rotatable bonds is 7. The standard InChI is InChI=1S/C24H24O5S2/c25-23(26)16-24(14-4-5-15-31(24,27)28)22-13-12-21(30-22)19-8-10-20(11-9-19)29-17-18-6-2-1-3-7-18/h1-3,6-13H,4-5,14-17H2,(H,25,26)/t24-/m0/s1. The fourth-order valence-electron chi connectivity index (χ4n) is 4.05. The summed E-state index contributed by atoms with van der Waals surface area (Å²) in [4.78, 5) is 13.1. The van der Waals surface area contributed by atoms with Crippen LogP contribution in [0, 0.1) is 0 Å². The third kappa shape index (κ3) is 4.52. The number of carboxylic acids is 1. The molecule has 0 radical (unpaired) electrons. The quantitative estimate of drug-likeness (QED) is 0.524. The second-order valence-electron chi connectivity index (χ2n) is 7.80. The summed E-state index contributed by atoms with van der Waals surface area (Å²) in [5, 5.41) is 9.44. The smallest absolute Gasteiger partial charge is 0.305 e. The molecule has 162 valence electrons. The number of ether oxygens (including phenoxy) is 1. The number of carboxylic acid groups (broad SMARTS) is 1. The van der Waals surface area contributed by atoms with Gasteiger partial charge < -0.3 is 9.84 Å². The second kappa shape index (κ2) is 8.85. The van der Waals surface area contributed by atoms with E-state index >= 15 is 0 Å². The highest BCUT2D eigenvalue weighted by atomic mass is 32.2. The Balaban J connectivity index is 1.55. The topological polar surface area (TPSA) is 80.7 Å². The van der Waals surface area contributed by atoms with Crippen LogP contribution in [0.1, 0.15) is 36.1 Å². The lowest BCUT2D eigenvalue weighted by molar-refractivity contribution is -0.137. The zero-order chi connectivity index (χ0) is 21.9. The van der Waals surface area contributed by atoms with Crippen LogP contribution in [0.5, 0.6) is 5.75 Å². The van der Waals surface area contributed by atoms with E-state index in [1.54, 1.807) is 6.07 Å². The fraction of sp³-hybridized carbons (Fsp3) is 0.292. The van der Waals surface area contributed by atoms with E-state index in [0.717, 1.165) is 21.8 Å². The van der Waals surface area contributed by atoms with E-state index in [1.165, 1.54) is 11.3 Å². The average molecular weight is 457 g/mol. The Bertz CT molecular complexity index is 1150. The maximum absolute atomic E-state index is 12.9. The van der Waals surface area contributed by atoms with Crippen molar-refractivity contribution in [2.24, 2.45) is 0 Å². The Labute approximate surface area is 186 Å². The normalized spacial score (nSPS) is 20.3. The molecule has 5 nitrogen and oxygen atoms in total. The summed E-state index contributed by atoms with van der Waals surface area (Å²) in [6.07, 6.45) is 1.27. The van der Waals surface area contributed by atoms with E-state index in [1.807, 2.05) is 60.7 Å². The van der Waals surface area contributed by atoms with Crippen LogP contribution in [0.4, 0.5) is 0 Å². The molecule has 0 spiro atoms. The number of thiophene rings is 1. The van der Waals surface area contributed by atoms with Crippen molar-refractivity contribution in [2.45, 2.75) is 37.0 Å². The number of carbonyl (C=O) groups is 1.